The molecule has 1 atom stereocenters. The van der Waals surface area contributed by atoms with Crippen molar-refractivity contribution in [2.45, 2.75) is 39.1 Å². The largest absolute Gasteiger partial charge is 0.396 e. The van der Waals surface area contributed by atoms with E-state index >= 15 is 0 Å². The van der Waals surface area contributed by atoms with Crippen LogP contribution in [0.25, 0.3) is 0 Å². The van der Waals surface area contributed by atoms with Crippen molar-refractivity contribution in [3.63, 3.8) is 0 Å². The average Bonchev–Trinajstić information content (AvgIpc) is 1.89. The molecule has 0 aromatic heterocycles. The van der Waals surface area contributed by atoms with E-state index in [2.05, 4.69) is 0 Å². The first kappa shape index (κ1) is 13.4. The normalized spacial score (nSPS) is 12.3. The van der Waals surface area contributed by atoms with Gasteiger partial charge in [0.1, 0.15) is 0 Å². The maximum absolute atomic E-state index is 8.39. The lowest BCUT2D eigenvalue weighted by molar-refractivity contribution is -0.0413. The molecule has 0 spiro atoms. The molecule has 0 saturated heterocycles. The van der Waals surface area contributed by atoms with E-state index in [4.69, 9.17) is 20.4 Å². The number of aliphatic hydroxyl groups is 4. The van der Waals surface area contributed by atoms with Gasteiger partial charge in [-0.2, -0.15) is 0 Å². The summed E-state index contributed by atoms with van der Waals surface area (Å²) < 4.78 is 0. The van der Waals surface area contributed by atoms with Crippen LogP contribution in [0.2, 0.25) is 0 Å². The second-order valence-electron chi connectivity index (χ2n) is 2.25. The highest BCUT2D eigenvalue weighted by Crippen LogP contribution is 1.83. The monoisotopic (exact) mass is 166 g/mol. The molecule has 0 fully saturated rings. The van der Waals surface area contributed by atoms with Crippen LogP contribution in [-0.2, 0) is 0 Å². The van der Waals surface area contributed by atoms with E-state index < -0.39 is 6.29 Å². The van der Waals surface area contributed by atoms with E-state index in [-0.39, 0.29) is 12.7 Å². The van der Waals surface area contributed by atoms with Crippen molar-refractivity contribution in [1.29, 1.82) is 0 Å². The van der Waals surface area contributed by atoms with Crippen LogP contribution >= 0.6 is 0 Å². The Morgan fingerprint density at radius 2 is 1.55 bits per heavy atom. The fraction of sp³-hybridized carbons (Fsp3) is 1.00. The molecule has 4 N–H and O–H groups in total. The first-order valence-electron chi connectivity index (χ1n) is 3.69. The molecule has 0 heterocycles. The molecule has 11 heavy (non-hydrogen) atoms. The predicted molar refractivity (Wildman–Crippen MR) is 41.9 cm³/mol. The molecule has 0 rings (SSSR count). The van der Waals surface area contributed by atoms with Gasteiger partial charge in [0.05, 0.1) is 6.10 Å². The van der Waals surface area contributed by atoms with Gasteiger partial charge in [0.25, 0.3) is 0 Å². The van der Waals surface area contributed by atoms with Gasteiger partial charge in [-0.3, -0.25) is 0 Å². The van der Waals surface area contributed by atoms with Crippen LogP contribution in [0.15, 0.2) is 0 Å². The first-order valence-corrected chi connectivity index (χ1v) is 3.69. The third-order valence-corrected chi connectivity index (χ3v) is 0.912. The van der Waals surface area contributed by atoms with Gasteiger partial charge in [-0.1, -0.05) is 6.92 Å². The molecule has 0 radical (unpaired) electrons. The molecule has 0 amide bonds. The fourth-order valence-electron chi connectivity index (χ4n) is 0.187. The molecule has 70 valence electrons. The van der Waals surface area contributed by atoms with Gasteiger partial charge < -0.3 is 20.4 Å². The maximum Gasteiger partial charge on any atom is 0.151 e. The number of rotatable bonds is 3. The molecule has 0 saturated carbocycles. The summed E-state index contributed by atoms with van der Waals surface area (Å²) in [5.41, 5.74) is 0. The van der Waals surface area contributed by atoms with Crippen molar-refractivity contribution in [1.82, 2.24) is 0 Å². The van der Waals surface area contributed by atoms with E-state index in [0.717, 1.165) is 0 Å². The summed E-state index contributed by atoms with van der Waals surface area (Å²) in [5, 5.41) is 32.3. The molecule has 0 bridgehead atoms. The highest BCUT2D eigenvalue weighted by atomic mass is 16.5. The molecule has 4 heteroatoms. The molecule has 4 nitrogen and oxygen atoms in total. The second kappa shape index (κ2) is 9.84. The summed E-state index contributed by atoms with van der Waals surface area (Å²) in [6.45, 7) is 3.43. The van der Waals surface area contributed by atoms with Crippen LogP contribution in [-0.4, -0.2) is 39.4 Å². The van der Waals surface area contributed by atoms with Crippen LogP contribution < -0.4 is 0 Å². The molecule has 0 aliphatic heterocycles. The lowest BCUT2D eigenvalue weighted by Gasteiger charge is -1.95. The molecule has 0 aliphatic carbocycles. The highest BCUT2D eigenvalue weighted by molar-refractivity contribution is 4.40. The van der Waals surface area contributed by atoms with Crippen molar-refractivity contribution in [3.8, 4) is 0 Å². The Balaban J connectivity index is 0. The van der Waals surface area contributed by atoms with Crippen molar-refractivity contribution >= 4 is 0 Å². The van der Waals surface area contributed by atoms with Gasteiger partial charge in [0.15, 0.2) is 6.29 Å². The molecule has 1 unspecified atom stereocenters. The van der Waals surface area contributed by atoms with Crippen LogP contribution in [0.1, 0.15) is 26.7 Å². The Morgan fingerprint density at radius 1 is 1.18 bits per heavy atom. The first-order chi connectivity index (χ1) is 5.04. The summed E-state index contributed by atoms with van der Waals surface area (Å²) in [7, 11) is 0. The fourth-order valence-corrected chi connectivity index (χ4v) is 0.187. The van der Waals surface area contributed by atoms with Crippen LogP contribution in [0.5, 0.6) is 0 Å². The van der Waals surface area contributed by atoms with Crippen LogP contribution in [0, 0.1) is 0 Å². The summed E-state index contributed by atoms with van der Waals surface area (Å²) in [5.74, 6) is 0. The molecular weight excluding hydrogens is 148 g/mol. The highest BCUT2D eigenvalue weighted by Gasteiger charge is 1.88. The van der Waals surface area contributed by atoms with E-state index in [1.54, 1.807) is 13.8 Å². The summed E-state index contributed by atoms with van der Waals surface area (Å²) in [6.07, 6.45) is -0.565. The Hall–Kier alpha value is -0.160. The third-order valence-electron chi connectivity index (χ3n) is 0.912. The van der Waals surface area contributed by atoms with Gasteiger partial charge in [0.2, 0.25) is 0 Å². The Labute approximate surface area is 67.1 Å². The Morgan fingerprint density at radius 3 is 1.55 bits per heavy atom. The molecule has 0 aliphatic rings. The minimum atomic E-state index is -1.12. The Kier molecular flexibility index (Phi) is 12.0. The summed E-state index contributed by atoms with van der Waals surface area (Å²) in [4.78, 5) is 0. The van der Waals surface area contributed by atoms with E-state index in [9.17, 15) is 0 Å². The smallest absolute Gasteiger partial charge is 0.151 e. The Bertz CT molecular complexity index is 63.5. The van der Waals surface area contributed by atoms with Gasteiger partial charge in [-0.25, -0.2) is 0 Å². The quantitative estimate of drug-likeness (QED) is 0.424. The third kappa shape index (κ3) is 25.8. The zero-order chi connectivity index (χ0) is 9.28. The number of aliphatic hydroxyl groups excluding tert-OH is 3. The van der Waals surface area contributed by atoms with Crippen molar-refractivity contribution < 1.29 is 20.4 Å². The maximum atomic E-state index is 8.39. The van der Waals surface area contributed by atoms with Crippen molar-refractivity contribution in [2.75, 3.05) is 6.61 Å². The zero-order valence-electron chi connectivity index (χ0n) is 7.06. The second-order valence-corrected chi connectivity index (χ2v) is 2.25. The van der Waals surface area contributed by atoms with Crippen molar-refractivity contribution in [2.24, 2.45) is 0 Å². The lowest BCUT2D eigenvalue weighted by Crippen LogP contribution is -2.00. The van der Waals surface area contributed by atoms with Crippen LogP contribution in [0.3, 0.4) is 0 Å². The van der Waals surface area contributed by atoms with Gasteiger partial charge in [-0.15, -0.1) is 0 Å². The number of hydrogen-bond acceptors (Lipinski definition) is 4. The summed E-state index contributed by atoms with van der Waals surface area (Å²) in [6, 6.07) is 0. The predicted octanol–water partition coefficient (Wildman–Crippen LogP) is -0.543. The zero-order valence-corrected chi connectivity index (χ0v) is 7.06. The van der Waals surface area contributed by atoms with Gasteiger partial charge in [0, 0.05) is 6.61 Å². The molecular formula is C7H18O4. The number of hydrogen-bond donors (Lipinski definition) is 4. The van der Waals surface area contributed by atoms with E-state index in [1.165, 1.54) is 0 Å². The molecule has 0 aromatic carbocycles. The lowest BCUT2D eigenvalue weighted by atomic mass is 10.3. The van der Waals surface area contributed by atoms with E-state index in [0.29, 0.717) is 12.8 Å². The molecule has 0 aromatic rings. The SMILES string of the molecule is CC(O)CCO.CCC(O)O. The van der Waals surface area contributed by atoms with Crippen LogP contribution in [0.4, 0.5) is 0 Å². The standard InChI is InChI=1S/C4H10O2.C3H8O2/c1-4(6)2-3-5;1-2-3(4)5/h4-6H,2-3H2,1H3;3-5H,2H2,1H3. The summed E-state index contributed by atoms with van der Waals surface area (Å²) >= 11 is 0. The van der Waals surface area contributed by atoms with Gasteiger partial charge >= 0.3 is 0 Å². The topological polar surface area (TPSA) is 80.9 Å². The van der Waals surface area contributed by atoms with Gasteiger partial charge in [-0.05, 0) is 19.8 Å². The minimum absolute atomic E-state index is 0.0810. The minimum Gasteiger partial charge on any atom is -0.396 e. The van der Waals surface area contributed by atoms with E-state index in [1.807, 2.05) is 0 Å². The average molecular weight is 166 g/mol. The van der Waals surface area contributed by atoms with Crippen molar-refractivity contribution in [3.05, 3.63) is 0 Å².